The van der Waals surface area contributed by atoms with Crippen LogP contribution in [-0.4, -0.2) is 5.11 Å². The van der Waals surface area contributed by atoms with Crippen LogP contribution in [0.3, 0.4) is 0 Å². The van der Waals surface area contributed by atoms with Crippen LogP contribution in [0.4, 0.5) is 0 Å². The maximum Gasteiger partial charge on any atom is 0.141 e. The molecule has 2 nitrogen and oxygen atoms in total. The molecular weight excluding hydrogens is 596 g/mol. The van der Waals surface area contributed by atoms with Gasteiger partial charge in [0.2, 0.25) is 0 Å². The number of para-hydroxylation sites is 1. The number of rotatable bonds is 2. The Labute approximate surface area is 277 Å². The maximum absolute atomic E-state index is 13.6. The van der Waals surface area contributed by atoms with E-state index in [2.05, 4.69) is 97.1 Å². The van der Waals surface area contributed by atoms with Gasteiger partial charge >= 0.3 is 0 Å². The summed E-state index contributed by atoms with van der Waals surface area (Å²) in [7, 11) is 0. The van der Waals surface area contributed by atoms with Crippen LogP contribution in [0, 0.1) is 0 Å². The van der Waals surface area contributed by atoms with Crippen molar-refractivity contribution >= 4 is 33.5 Å². The number of halogens is 1. The molecule has 2 aliphatic carbocycles. The fraction of sp³-hybridized carbons (Fsp3) is 0.0455. The van der Waals surface area contributed by atoms with E-state index in [1.54, 1.807) is 0 Å². The van der Waals surface area contributed by atoms with Gasteiger partial charge in [-0.15, -0.1) is 0 Å². The summed E-state index contributed by atoms with van der Waals surface area (Å²) in [6.45, 7) is 0. The Balaban J connectivity index is 1.31. The fourth-order valence-corrected chi connectivity index (χ4v) is 8.93. The summed E-state index contributed by atoms with van der Waals surface area (Å²) in [6.07, 6.45) is 0. The van der Waals surface area contributed by atoms with Crippen LogP contribution in [0.2, 0.25) is 5.02 Å². The van der Waals surface area contributed by atoms with Gasteiger partial charge < -0.3 is 9.52 Å². The van der Waals surface area contributed by atoms with Gasteiger partial charge in [-0.3, -0.25) is 0 Å². The van der Waals surface area contributed by atoms with E-state index in [0.29, 0.717) is 5.02 Å². The molecule has 1 heterocycles. The fourth-order valence-electron chi connectivity index (χ4n) is 8.65. The molecule has 0 atom stereocenters. The zero-order valence-electron chi connectivity index (χ0n) is 25.2. The molecule has 7 aromatic carbocycles. The highest BCUT2D eigenvalue weighted by Crippen LogP contribution is 2.63. The van der Waals surface area contributed by atoms with Crippen molar-refractivity contribution in [2.24, 2.45) is 0 Å². The minimum absolute atomic E-state index is 0.579. The molecule has 1 spiro atoms. The van der Waals surface area contributed by atoms with E-state index < -0.39 is 11.0 Å². The van der Waals surface area contributed by atoms with E-state index in [4.69, 9.17) is 16.0 Å². The molecule has 0 bridgehead atoms. The summed E-state index contributed by atoms with van der Waals surface area (Å²) in [6, 6.07) is 54.4. The molecule has 1 N–H and O–H groups in total. The van der Waals surface area contributed by atoms with Gasteiger partial charge in [-0.1, -0.05) is 145 Å². The van der Waals surface area contributed by atoms with E-state index in [-0.39, 0.29) is 0 Å². The number of fused-ring (bicyclic) bond motifs is 12. The van der Waals surface area contributed by atoms with Crippen LogP contribution in [0.5, 0.6) is 0 Å². The quantitative estimate of drug-likeness (QED) is 0.208. The van der Waals surface area contributed by atoms with Crippen LogP contribution in [0.15, 0.2) is 162 Å². The molecule has 3 heteroatoms. The summed E-state index contributed by atoms with van der Waals surface area (Å²) in [5.41, 5.74) is 10.8. The first kappa shape index (κ1) is 26.8. The second-order valence-corrected chi connectivity index (χ2v) is 13.0. The minimum Gasteiger partial charge on any atom is -0.456 e. The molecule has 0 amide bonds. The second kappa shape index (κ2) is 9.56. The number of hydrogen-bond acceptors (Lipinski definition) is 2. The first-order valence-corrected chi connectivity index (χ1v) is 16.3. The van der Waals surface area contributed by atoms with E-state index >= 15 is 0 Å². The first-order valence-electron chi connectivity index (χ1n) is 15.9. The third-order valence-corrected chi connectivity index (χ3v) is 10.8. The highest BCUT2D eigenvalue weighted by Gasteiger charge is 2.56. The zero-order chi connectivity index (χ0) is 31.3. The van der Waals surface area contributed by atoms with Crippen LogP contribution < -0.4 is 0 Å². The van der Waals surface area contributed by atoms with Crippen molar-refractivity contribution in [3.05, 3.63) is 202 Å². The van der Waals surface area contributed by atoms with Gasteiger partial charge in [-0.2, -0.15) is 0 Å². The molecule has 0 unspecified atom stereocenters. The first-order chi connectivity index (χ1) is 23.1. The average Bonchev–Trinajstić information content (AvgIpc) is 3.64. The second-order valence-electron chi connectivity index (χ2n) is 12.6. The van der Waals surface area contributed by atoms with Crippen LogP contribution in [0.1, 0.15) is 38.9 Å². The van der Waals surface area contributed by atoms with Crippen molar-refractivity contribution in [1.82, 2.24) is 0 Å². The smallest absolute Gasteiger partial charge is 0.141 e. The summed E-state index contributed by atoms with van der Waals surface area (Å²) < 4.78 is 6.16. The Kier molecular flexibility index (Phi) is 5.44. The van der Waals surface area contributed by atoms with Gasteiger partial charge in [0.1, 0.15) is 16.8 Å². The predicted molar refractivity (Wildman–Crippen MR) is 190 cm³/mol. The van der Waals surface area contributed by atoms with Gasteiger partial charge in [0.25, 0.3) is 0 Å². The Morgan fingerprint density at radius 2 is 0.957 bits per heavy atom. The third kappa shape index (κ3) is 3.34. The summed E-state index contributed by atoms with van der Waals surface area (Å²) in [4.78, 5) is 0. The molecule has 8 aromatic rings. The van der Waals surface area contributed by atoms with Crippen LogP contribution in [-0.2, 0) is 11.0 Å². The molecule has 1 aromatic heterocycles. The topological polar surface area (TPSA) is 33.4 Å². The lowest BCUT2D eigenvalue weighted by Gasteiger charge is -2.47. The molecule has 0 fully saturated rings. The molecule has 0 radical (unpaired) electrons. The predicted octanol–water partition coefficient (Wildman–Crippen LogP) is 10.9. The Hall–Kier alpha value is -5.41. The van der Waals surface area contributed by atoms with E-state index in [0.717, 1.165) is 60.9 Å². The van der Waals surface area contributed by atoms with E-state index in [1.807, 2.05) is 60.7 Å². The van der Waals surface area contributed by atoms with Gasteiger partial charge in [0, 0.05) is 26.9 Å². The van der Waals surface area contributed by atoms with Crippen molar-refractivity contribution in [2.45, 2.75) is 11.0 Å². The maximum atomic E-state index is 13.6. The van der Waals surface area contributed by atoms with Crippen LogP contribution in [0.25, 0.3) is 44.2 Å². The van der Waals surface area contributed by atoms with Crippen LogP contribution >= 0.6 is 11.6 Å². The van der Waals surface area contributed by atoms with Gasteiger partial charge in [0.05, 0.1) is 5.41 Å². The molecule has 2 aliphatic rings. The van der Waals surface area contributed by atoms with Crippen molar-refractivity contribution in [3.63, 3.8) is 0 Å². The highest BCUT2D eigenvalue weighted by atomic mass is 35.5. The zero-order valence-corrected chi connectivity index (χ0v) is 26.0. The lowest BCUT2D eigenvalue weighted by atomic mass is 9.56. The minimum atomic E-state index is -1.50. The number of benzene rings is 7. The monoisotopic (exact) mass is 622 g/mol. The highest BCUT2D eigenvalue weighted by molar-refractivity contribution is 6.33. The Morgan fingerprint density at radius 1 is 0.447 bits per heavy atom. The number of hydrogen-bond donors (Lipinski definition) is 1. The molecule has 0 saturated carbocycles. The van der Waals surface area contributed by atoms with Crippen molar-refractivity contribution in [2.75, 3.05) is 0 Å². The van der Waals surface area contributed by atoms with Gasteiger partial charge in [-0.25, -0.2) is 0 Å². The van der Waals surface area contributed by atoms with Crippen molar-refractivity contribution in [3.8, 4) is 22.3 Å². The lowest BCUT2D eigenvalue weighted by Crippen LogP contribution is -2.44. The molecule has 0 saturated heterocycles. The van der Waals surface area contributed by atoms with E-state index in [9.17, 15) is 5.11 Å². The molecule has 0 aliphatic heterocycles. The largest absolute Gasteiger partial charge is 0.456 e. The van der Waals surface area contributed by atoms with Crippen molar-refractivity contribution in [1.29, 1.82) is 0 Å². The summed E-state index contributed by atoms with van der Waals surface area (Å²) in [5, 5.41) is 16.3. The van der Waals surface area contributed by atoms with Crippen molar-refractivity contribution < 1.29 is 9.52 Å². The average molecular weight is 623 g/mol. The van der Waals surface area contributed by atoms with Gasteiger partial charge in [0.15, 0.2) is 0 Å². The third-order valence-electron chi connectivity index (χ3n) is 10.5. The molecule has 222 valence electrons. The standard InChI is InChI=1S/C44H27ClO2/c45-39-22-11-21-38(42(39)27-24-25-41-31(26-27)30-14-3-10-23-40(30)47-41)44(46)36-19-8-6-17-34(36)43(35-18-7-9-20-37(35)44)32-15-4-1-12-28(32)29-13-2-5-16-33(29)43/h1-26,46H. The lowest BCUT2D eigenvalue weighted by molar-refractivity contribution is 0.119. The van der Waals surface area contributed by atoms with Gasteiger partial charge in [-0.05, 0) is 74.3 Å². The number of furan rings is 1. The molecule has 47 heavy (non-hydrogen) atoms. The molecule has 10 rings (SSSR count). The number of aliphatic hydroxyl groups is 1. The Morgan fingerprint density at radius 3 is 1.62 bits per heavy atom. The SMILES string of the molecule is OC1(c2cccc(Cl)c2-c2ccc3oc4ccccc4c3c2)c2ccccc2C2(c3ccccc3-c3ccccc32)c2ccccc21. The normalized spacial score (nSPS) is 14.9. The summed E-state index contributed by atoms with van der Waals surface area (Å²) >= 11 is 7.16. The molecular formula is C44H27ClO2. The Bertz CT molecular complexity index is 2480. The van der Waals surface area contributed by atoms with E-state index in [1.165, 1.54) is 22.3 Å². The summed E-state index contributed by atoms with van der Waals surface area (Å²) in [5.74, 6) is 0.